The van der Waals surface area contributed by atoms with Gasteiger partial charge in [0.05, 0.1) is 0 Å². The van der Waals surface area contributed by atoms with Gasteiger partial charge in [0.2, 0.25) is 0 Å². The fourth-order valence-electron chi connectivity index (χ4n) is 3.59. The van der Waals surface area contributed by atoms with Crippen LogP contribution >= 0.6 is 11.3 Å². The largest absolute Gasteiger partial charge is 0.489 e. The minimum atomic E-state index is -1.13. The number of carboxylic acids is 1. The molecular formula is C24H23NO4S. The van der Waals surface area contributed by atoms with E-state index >= 15 is 0 Å². The van der Waals surface area contributed by atoms with Crippen LogP contribution in [0.4, 0.5) is 0 Å². The maximum atomic E-state index is 11.6. The van der Waals surface area contributed by atoms with E-state index in [4.69, 9.17) is 9.57 Å². The molecular weight excluding hydrogens is 398 g/mol. The fraction of sp³-hybridized carbons (Fsp3) is 0.250. The summed E-state index contributed by atoms with van der Waals surface area (Å²) < 4.78 is 6.03. The predicted molar refractivity (Wildman–Crippen MR) is 117 cm³/mol. The molecule has 2 atom stereocenters. The fourth-order valence-corrected chi connectivity index (χ4v) is 4.49. The zero-order valence-corrected chi connectivity index (χ0v) is 17.5. The third-order valence-electron chi connectivity index (χ3n) is 5.14. The number of oxime groups is 1. The highest BCUT2D eigenvalue weighted by Crippen LogP contribution is 2.56. The second-order valence-electron chi connectivity index (χ2n) is 7.15. The van der Waals surface area contributed by atoms with Crippen LogP contribution in [0.5, 0.6) is 5.75 Å². The summed E-state index contributed by atoms with van der Waals surface area (Å²) in [7, 11) is 0. The molecule has 30 heavy (non-hydrogen) atoms. The number of hydrogen-bond donors (Lipinski definition) is 1. The molecule has 2 unspecified atom stereocenters. The van der Waals surface area contributed by atoms with Crippen LogP contribution in [-0.4, -0.2) is 23.4 Å². The lowest BCUT2D eigenvalue weighted by Gasteiger charge is -2.12. The molecule has 0 radical (unpaired) electrons. The van der Waals surface area contributed by atoms with Gasteiger partial charge in [0, 0.05) is 16.4 Å². The molecule has 1 aromatic heterocycles. The van der Waals surface area contributed by atoms with E-state index in [0.29, 0.717) is 24.0 Å². The molecule has 1 heterocycles. The van der Waals surface area contributed by atoms with Gasteiger partial charge in [-0.2, -0.15) is 0 Å². The van der Waals surface area contributed by atoms with E-state index in [2.05, 4.69) is 34.8 Å². The summed E-state index contributed by atoms with van der Waals surface area (Å²) in [6, 6.07) is 19.7. The number of hydrogen-bond acceptors (Lipinski definition) is 5. The first kappa shape index (κ1) is 20.2. The van der Waals surface area contributed by atoms with Crippen molar-refractivity contribution in [2.24, 2.45) is 5.16 Å². The predicted octanol–water partition coefficient (Wildman–Crippen LogP) is 5.42. The standard InChI is InChI=1S/C24H23NO4S/c1-2-29-25-23(24(26)27)19-10-4-3-7-17(19)15-28-18-9-5-8-16(13-18)20-14-21(20)22-11-6-12-30-22/h3-13,20-21H,2,14-15H2,1H3,(H,26,27). The lowest BCUT2D eigenvalue weighted by Crippen LogP contribution is -2.18. The molecule has 1 aliphatic carbocycles. The van der Waals surface area contributed by atoms with Crippen LogP contribution in [0.15, 0.2) is 71.2 Å². The third kappa shape index (κ3) is 4.54. The van der Waals surface area contributed by atoms with Gasteiger partial charge in [-0.05, 0) is 54.0 Å². The Kier molecular flexibility index (Phi) is 6.14. The maximum absolute atomic E-state index is 11.6. The molecule has 6 heteroatoms. The van der Waals surface area contributed by atoms with Crippen molar-refractivity contribution in [3.05, 3.63) is 87.6 Å². The number of rotatable bonds is 9. The molecule has 5 nitrogen and oxygen atoms in total. The maximum Gasteiger partial charge on any atom is 0.358 e. The number of benzene rings is 2. The molecule has 0 amide bonds. The lowest BCUT2D eigenvalue weighted by molar-refractivity contribution is -0.129. The number of carbonyl (C=O) groups is 1. The first-order valence-corrected chi connectivity index (χ1v) is 10.8. The summed E-state index contributed by atoms with van der Waals surface area (Å²) in [6.07, 6.45) is 1.17. The Balaban J connectivity index is 1.48. The van der Waals surface area contributed by atoms with Crippen molar-refractivity contribution >= 4 is 23.0 Å². The molecule has 4 rings (SSSR count). The average molecular weight is 422 g/mol. The minimum Gasteiger partial charge on any atom is -0.489 e. The highest BCUT2D eigenvalue weighted by atomic mass is 32.1. The molecule has 0 saturated heterocycles. The van der Waals surface area contributed by atoms with Crippen LogP contribution in [0, 0.1) is 0 Å². The van der Waals surface area contributed by atoms with Gasteiger partial charge in [-0.15, -0.1) is 11.3 Å². The highest BCUT2D eigenvalue weighted by molar-refractivity contribution is 7.10. The van der Waals surface area contributed by atoms with Crippen LogP contribution in [0.2, 0.25) is 0 Å². The van der Waals surface area contributed by atoms with Gasteiger partial charge in [0.1, 0.15) is 19.0 Å². The van der Waals surface area contributed by atoms with Crippen molar-refractivity contribution in [1.82, 2.24) is 0 Å². The number of thiophene rings is 1. The van der Waals surface area contributed by atoms with Crippen molar-refractivity contribution in [3.8, 4) is 5.75 Å². The van der Waals surface area contributed by atoms with E-state index in [1.54, 1.807) is 19.1 Å². The Bertz CT molecular complexity index is 1040. The summed E-state index contributed by atoms with van der Waals surface area (Å²) in [6.45, 7) is 2.31. The first-order valence-electron chi connectivity index (χ1n) is 9.95. The molecule has 2 aromatic carbocycles. The summed E-state index contributed by atoms with van der Waals surface area (Å²) in [5.74, 6) is 0.786. The van der Waals surface area contributed by atoms with Crippen LogP contribution < -0.4 is 4.74 Å². The Hall–Kier alpha value is -3.12. The van der Waals surface area contributed by atoms with Crippen LogP contribution in [0.3, 0.4) is 0 Å². The van der Waals surface area contributed by atoms with E-state index in [-0.39, 0.29) is 12.3 Å². The Labute approximate surface area is 179 Å². The average Bonchev–Trinajstić information content (AvgIpc) is 3.38. The topological polar surface area (TPSA) is 68.1 Å². The van der Waals surface area contributed by atoms with Crippen molar-refractivity contribution in [2.45, 2.75) is 31.8 Å². The quantitative estimate of drug-likeness (QED) is 0.370. The Morgan fingerprint density at radius 2 is 2.00 bits per heavy atom. The van der Waals surface area contributed by atoms with E-state index in [9.17, 15) is 9.90 Å². The van der Waals surface area contributed by atoms with Crippen LogP contribution in [0.25, 0.3) is 0 Å². The van der Waals surface area contributed by atoms with Crippen molar-refractivity contribution < 1.29 is 19.5 Å². The number of nitrogens with zero attached hydrogens (tertiary/aromatic N) is 1. The Morgan fingerprint density at radius 3 is 2.77 bits per heavy atom. The van der Waals surface area contributed by atoms with Gasteiger partial charge in [0.25, 0.3) is 0 Å². The molecule has 1 saturated carbocycles. The van der Waals surface area contributed by atoms with Gasteiger partial charge >= 0.3 is 5.97 Å². The van der Waals surface area contributed by atoms with Gasteiger partial charge in [-0.1, -0.05) is 47.6 Å². The molecule has 0 bridgehead atoms. The van der Waals surface area contributed by atoms with E-state index in [1.165, 1.54) is 16.9 Å². The zero-order valence-electron chi connectivity index (χ0n) is 16.7. The Morgan fingerprint density at radius 1 is 1.13 bits per heavy atom. The number of carboxylic acid groups (broad SMARTS) is 1. The molecule has 1 fully saturated rings. The second-order valence-corrected chi connectivity index (χ2v) is 8.12. The van der Waals surface area contributed by atoms with Crippen molar-refractivity contribution in [2.75, 3.05) is 6.61 Å². The second kappa shape index (κ2) is 9.13. The number of aliphatic carboxylic acids is 1. The summed E-state index contributed by atoms with van der Waals surface area (Å²) in [5, 5.41) is 15.4. The lowest BCUT2D eigenvalue weighted by atomic mass is 10.0. The van der Waals surface area contributed by atoms with Crippen LogP contribution in [-0.2, 0) is 16.2 Å². The van der Waals surface area contributed by atoms with Gasteiger partial charge < -0.3 is 14.7 Å². The first-order chi connectivity index (χ1) is 14.7. The summed E-state index contributed by atoms with van der Waals surface area (Å²) in [4.78, 5) is 18.1. The molecule has 1 N–H and O–H groups in total. The SMILES string of the molecule is CCON=C(C(=O)O)c1ccccc1COc1cccc(C2CC2c2cccs2)c1. The molecule has 0 spiro atoms. The van der Waals surface area contributed by atoms with Crippen LogP contribution in [0.1, 0.15) is 46.7 Å². The monoisotopic (exact) mass is 421 g/mol. The number of ether oxygens (including phenoxy) is 1. The summed E-state index contributed by atoms with van der Waals surface area (Å²) >= 11 is 1.82. The van der Waals surface area contributed by atoms with E-state index < -0.39 is 5.97 Å². The smallest absolute Gasteiger partial charge is 0.358 e. The van der Waals surface area contributed by atoms with Gasteiger partial charge in [-0.3, -0.25) is 0 Å². The third-order valence-corrected chi connectivity index (χ3v) is 6.14. The zero-order chi connectivity index (χ0) is 20.9. The highest BCUT2D eigenvalue weighted by Gasteiger charge is 2.40. The van der Waals surface area contributed by atoms with E-state index in [0.717, 1.165) is 11.3 Å². The van der Waals surface area contributed by atoms with Crippen molar-refractivity contribution in [1.29, 1.82) is 0 Å². The van der Waals surface area contributed by atoms with E-state index in [1.807, 2.05) is 35.6 Å². The van der Waals surface area contributed by atoms with Gasteiger partial charge in [0.15, 0.2) is 5.71 Å². The molecule has 3 aromatic rings. The van der Waals surface area contributed by atoms with Gasteiger partial charge in [-0.25, -0.2) is 4.79 Å². The summed E-state index contributed by atoms with van der Waals surface area (Å²) in [5.41, 5.74) is 2.39. The normalized spacial score (nSPS) is 18.1. The molecule has 154 valence electrons. The minimum absolute atomic E-state index is 0.124. The van der Waals surface area contributed by atoms with Crippen molar-refractivity contribution in [3.63, 3.8) is 0 Å². The molecule has 0 aliphatic heterocycles. The molecule has 1 aliphatic rings.